The summed E-state index contributed by atoms with van der Waals surface area (Å²) in [4.78, 5) is 28.1. The van der Waals surface area contributed by atoms with Gasteiger partial charge in [0.05, 0.1) is 24.2 Å². The molecule has 0 fully saturated rings. The first-order chi connectivity index (χ1) is 9.11. The molecule has 1 aromatic carbocycles. The zero-order valence-corrected chi connectivity index (χ0v) is 10.6. The number of nitrogens with zero attached hydrogens (tertiary/aromatic N) is 1. The average Bonchev–Trinajstić information content (AvgIpc) is 2.83. The van der Waals surface area contributed by atoms with Gasteiger partial charge in [-0.15, -0.1) is 5.06 Å². The second-order valence-corrected chi connectivity index (χ2v) is 4.28. The molecule has 19 heavy (non-hydrogen) atoms. The predicted octanol–water partition coefficient (Wildman–Crippen LogP) is 1.87. The van der Waals surface area contributed by atoms with Gasteiger partial charge in [0, 0.05) is 0 Å². The Morgan fingerprint density at radius 2 is 1.95 bits per heavy atom. The predicted molar refractivity (Wildman–Crippen MR) is 68.4 cm³/mol. The van der Waals surface area contributed by atoms with E-state index in [4.69, 9.17) is 9.94 Å². The van der Waals surface area contributed by atoms with Gasteiger partial charge < -0.3 is 9.94 Å². The number of carboxylic acid groups (broad SMARTS) is 1. The minimum atomic E-state index is -0.949. The van der Waals surface area contributed by atoms with Crippen LogP contribution in [0.25, 0.3) is 0 Å². The standard InChI is InChI=1S/C14H15NO4/c1-2-10-8-15(9-12(10)13(16)17)19-14(18)11-6-4-3-5-7-11/h3-7H,2,8-9H2,1H3,(H,16,17). The van der Waals surface area contributed by atoms with Crippen LogP contribution in [0, 0.1) is 0 Å². The lowest BCUT2D eigenvalue weighted by Crippen LogP contribution is -2.26. The van der Waals surface area contributed by atoms with Crippen LogP contribution in [-0.4, -0.2) is 35.2 Å². The summed E-state index contributed by atoms with van der Waals surface area (Å²) < 4.78 is 0. The van der Waals surface area contributed by atoms with E-state index in [1.54, 1.807) is 24.3 Å². The zero-order valence-electron chi connectivity index (χ0n) is 10.6. The molecule has 2 rings (SSSR count). The van der Waals surface area contributed by atoms with Crippen molar-refractivity contribution in [3.8, 4) is 0 Å². The van der Waals surface area contributed by atoms with Gasteiger partial charge >= 0.3 is 11.9 Å². The van der Waals surface area contributed by atoms with Gasteiger partial charge in [0.1, 0.15) is 0 Å². The van der Waals surface area contributed by atoms with Crippen LogP contribution >= 0.6 is 0 Å². The Kier molecular flexibility index (Phi) is 3.97. The highest BCUT2D eigenvalue weighted by Gasteiger charge is 2.28. The highest BCUT2D eigenvalue weighted by atomic mass is 16.7. The summed E-state index contributed by atoms with van der Waals surface area (Å²) in [5.41, 5.74) is 1.57. The minimum Gasteiger partial charge on any atom is -0.478 e. The third-order valence-electron chi connectivity index (χ3n) is 3.03. The molecule has 1 aliphatic heterocycles. The molecule has 0 aliphatic carbocycles. The van der Waals surface area contributed by atoms with Crippen molar-refractivity contribution < 1.29 is 19.5 Å². The van der Waals surface area contributed by atoms with Gasteiger partial charge in [-0.2, -0.15) is 0 Å². The molecule has 100 valence electrons. The Balaban J connectivity index is 2.00. The van der Waals surface area contributed by atoms with Crippen molar-refractivity contribution in [2.75, 3.05) is 13.1 Å². The topological polar surface area (TPSA) is 66.8 Å². The van der Waals surface area contributed by atoms with E-state index in [1.165, 1.54) is 5.06 Å². The van der Waals surface area contributed by atoms with E-state index in [0.29, 0.717) is 24.1 Å². The zero-order chi connectivity index (χ0) is 13.8. The SMILES string of the molecule is CCC1=C(C(=O)O)CN(OC(=O)c2ccccc2)C1. The van der Waals surface area contributed by atoms with E-state index in [9.17, 15) is 9.59 Å². The molecule has 1 heterocycles. The van der Waals surface area contributed by atoms with Crippen molar-refractivity contribution >= 4 is 11.9 Å². The third-order valence-corrected chi connectivity index (χ3v) is 3.03. The van der Waals surface area contributed by atoms with Crippen molar-refractivity contribution in [2.45, 2.75) is 13.3 Å². The van der Waals surface area contributed by atoms with E-state index in [1.807, 2.05) is 13.0 Å². The number of aliphatic carboxylic acids is 1. The van der Waals surface area contributed by atoms with Crippen molar-refractivity contribution in [2.24, 2.45) is 0 Å². The maximum absolute atomic E-state index is 11.8. The van der Waals surface area contributed by atoms with E-state index in [-0.39, 0.29) is 6.54 Å². The van der Waals surface area contributed by atoms with E-state index < -0.39 is 11.9 Å². The van der Waals surface area contributed by atoms with E-state index in [2.05, 4.69) is 0 Å². The molecule has 5 nitrogen and oxygen atoms in total. The van der Waals surface area contributed by atoms with Crippen LogP contribution in [0.15, 0.2) is 41.5 Å². The van der Waals surface area contributed by atoms with Crippen molar-refractivity contribution in [3.05, 3.63) is 47.0 Å². The van der Waals surface area contributed by atoms with Crippen LogP contribution in [0.2, 0.25) is 0 Å². The molecule has 0 atom stereocenters. The monoisotopic (exact) mass is 261 g/mol. The smallest absolute Gasteiger partial charge is 0.357 e. The van der Waals surface area contributed by atoms with Crippen molar-refractivity contribution in [1.82, 2.24) is 5.06 Å². The molecule has 0 radical (unpaired) electrons. The number of carboxylic acids is 1. The largest absolute Gasteiger partial charge is 0.478 e. The summed E-state index contributed by atoms with van der Waals surface area (Å²) in [5.74, 6) is -1.42. The van der Waals surface area contributed by atoms with Crippen LogP contribution in [0.4, 0.5) is 0 Å². The summed E-state index contributed by atoms with van der Waals surface area (Å²) in [7, 11) is 0. The summed E-state index contributed by atoms with van der Waals surface area (Å²) in [5, 5.41) is 10.4. The van der Waals surface area contributed by atoms with Crippen LogP contribution < -0.4 is 0 Å². The second kappa shape index (κ2) is 5.67. The van der Waals surface area contributed by atoms with Crippen molar-refractivity contribution in [3.63, 3.8) is 0 Å². The molecule has 1 N–H and O–H groups in total. The molecule has 0 unspecified atom stereocenters. The minimum absolute atomic E-state index is 0.136. The summed E-state index contributed by atoms with van der Waals surface area (Å²) in [6, 6.07) is 8.62. The van der Waals surface area contributed by atoms with Crippen molar-refractivity contribution in [1.29, 1.82) is 0 Å². The number of hydrogen-bond donors (Lipinski definition) is 1. The average molecular weight is 261 g/mol. The first kappa shape index (κ1) is 13.3. The summed E-state index contributed by atoms with van der Waals surface area (Å²) in [6.07, 6.45) is 0.640. The van der Waals surface area contributed by atoms with Gasteiger partial charge in [-0.25, -0.2) is 9.59 Å². The van der Waals surface area contributed by atoms with Gasteiger partial charge in [0.25, 0.3) is 0 Å². The maximum atomic E-state index is 11.8. The molecular formula is C14H15NO4. The Morgan fingerprint density at radius 1 is 1.26 bits per heavy atom. The molecule has 0 saturated heterocycles. The molecule has 5 heteroatoms. The molecule has 0 saturated carbocycles. The highest BCUT2D eigenvalue weighted by Crippen LogP contribution is 2.21. The molecule has 1 aromatic rings. The summed E-state index contributed by atoms with van der Waals surface area (Å²) >= 11 is 0. The van der Waals surface area contributed by atoms with Gasteiger partial charge in [-0.05, 0) is 24.1 Å². The lowest BCUT2D eigenvalue weighted by atomic mass is 10.1. The third kappa shape index (κ3) is 3.00. The number of carbonyl (C=O) groups is 2. The lowest BCUT2D eigenvalue weighted by molar-refractivity contribution is -0.134. The van der Waals surface area contributed by atoms with Crippen LogP contribution in [-0.2, 0) is 9.63 Å². The fourth-order valence-electron chi connectivity index (χ4n) is 2.01. The highest BCUT2D eigenvalue weighted by molar-refractivity contribution is 5.90. The summed E-state index contributed by atoms with van der Waals surface area (Å²) in [6.45, 7) is 2.38. The van der Waals surface area contributed by atoms with Crippen LogP contribution in [0.3, 0.4) is 0 Å². The van der Waals surface area contributed by atoms with Gasteiger partial charge in [-0.1, -0.05) is 25.1 Å². The Bertz CT molecular complexity index is 522. The quantitative estimate of drug-likeness (QED) is 0.896. The number of hydroxylamine groups is 2. The number of hydrogen-bond acceptors (Lipinski definition) is 4. The number of benzene rings is 1. The van der Waals surface area contributed by atoms with Gasteiger partial charge in [0.2, 0.25) is 0 Å². The van der Waals surface area contributed by atoms with Gasteiger partial charge in [-0.3, -0.25) is 0 Å². The molecular weight excluding hydrogens is 246 g/mol. The van der Waals surface area contributed by atoms with Crippen LogP contribution in [0.1, 0.15) is 23.7 Å². The maximum Gasteiger partial charge on any atom is 0.357 e. The Hall–Kier alpha value is -2.14. The molecule has 0 aromatic heterocycles. The van der Waals surface area contributed by atoms with E-state index in [0.717, 1.165) is 5.57 Å². The molecule has 0 spiro atoms. The first-order valence-corrected chi connectivity index (χ1v) is 6.08. The number of carbonyl (C=O) groups excluding carboxylic acids is 1. The lowest BCUT2D eigenvalue weighted by Gasteiger charge is -2.15. The van der Waals surface area contributed by atoms with Crippen LogP contribution in [0.5, 0.6) is 0 Å². The second-order valence-electron chi connectivity index (χ2n) is 4.28. The fraction of sp³-hybridized carbons (Fsp3) is 0.286. The fourth-order valence-corrected chi connectivity index (χ4v) is 2.01. The first-order valence-electron chi connectivity index (χ1n) is 6.08. The Labute approximate surface area is 111 Å². The van der Waals surface area contributed by atoms with E-state index >= 15 is 0 Å². The molecule has 1 aliphatic rings. The number of rotatable bonds is 4. The molecule has 0 amide bonds. The van der Waals surface area contributed by atoms with Gasteiger partial charge in [0.15, 0.2) is 0 Å². The molecule has 0 bridgehead atoms. The Morgan fingerprint density at radius 3 is 2.47 bits per heavy atom. The normalized spacial score (nSPS) is 15.6.